The number of likely N-dealkylation sites (tertiary alicyclic amines) is 1. The standard InChI is InChI=1S/C28H25ClF4N2O2.CO2/c1-18-13-23(22-8-7-20(30)15-25(22)29)19(14-24(18)28(31,32)33)16-34-11-9-27(10-12-34)17-35(26(36)37-27)21-5-3-2-4-6-21;2-1-3/h2-8,13-15H,9-12,16-17H2,1H3;. The van der Waals surface area contributed by atoms with Crippen molar-refractivity contribution in [3.05, 3.63) is 88.2 Å². The van der Waals surface area contributed by atoms with Crippen LogP contribution in [0.4, 0.5) is 28.0 Å². The second kappa shape index (κ2) is 11.8. The molecule has 3 aromatic rings. The van der Waals surface area contributed by atoms with Gasteiger partial charge in [0.1, 0.15) is 11.4 Å². The van der Waals surface area contributed by atoms with Gasteiger partial charge in [0.15, 0.2) is 0 Å². The number of anilines is 1. The maximum atomic E-state index is 13.7. The molecule has 3 aromatic carbocycles. The summed E-state index contributed by atoms with van der Waals surface area (Å²) in [6, 6.07) is 15.8. The maximum absolute atomic E-state index is 13.7. The molecule has 0 N–H and O–H groups in total. The fourth-order valence-corrected chi connectivity index (χ4v) is 5.47. The second-order valence-corrected chi connectivity index (χ2v) is 10.2. The monoisotopic (exact) mass is 576 g/mol. The Hall–Kier alpha value is -3.72. The predicted octanol–water partition coefficient (Wildman–Crippen LogP) is 6.88. The smallest absolute Gasteiger partial charge is 0.416 e. The van der Waals surface area contributed by atoms with E-state index in [2.05, 4.69) is 4.90 Å². The summed E-state index contributed by atoms with van der Waals surface area (Å²) in [6.45, 7) is 3.18. The molecule has 5 rings (SSSR count). The van der Waals surface area contributed by atoms with Crippen LogP contribution < -0.4 is 4.90 Å². The zero-order chi connectivity index (χ0) is 29.1. The third-order valence-electron chi connectivity index (χ3n) is 7.18. The van der Waals surface area contributed by atoms with Gasteiger partial charge in [-0.15, -0.1) is 0 Å². The summed E-state index contributed by atoms with van der Waals surface area (Å²) < 4.78 is 60.7. The number of halogens is 5. The van der Waals surface area contributed by atoms with E-state index in [1.54, 1.807) is 4.90 Å². The molecule has 2 heterocycles. The van der Waals surface area contributed by atoms with E-state index in [1.807, 2.05) is 30.3 Å². The Labute approximate surface area is 233 Å². The van der Waals surface area contributed by atoms with E-state index in [1.165, 1.54) is 31.2 Å². The first kappa shape index (κ1) is 29.3. The maximum Gasteiger partial charge on any atom is 0.416 e. The number of benzene rings is 3. The summed E-state index contributed by atoms with van der Waals surface area (Å²) in [5, 5.41) is 0.136. The molecule has 0 aliphatic carbocycles. The third kappa shape index (κ3) is 6.36. The lowest BCUT2D eigenvalue weighted by molar-refractivity contribution is -0.191. The molecule has 0 atom stereocenters. The summed E-state index contributed by atoms with van der Waals surface area (Å²) in [7, 11) is 0. The van der Waals surface area contributed by atoms with Crippen molar-refractivity contribution in [1.29, 1.82) is 0 Å². The van der Waals surface area contributed by atoms with Gasteiger partial charge in [0.25, 0.3) is 0 Å². The van der Waals surface area contributed by atoms with Crippen molar-refractivity contribution in [2.75, 3.05) is 24.5 Å². The minimum Gasteiger partial charge on any atom is -0.441 e. The van der Waals surface area contributed by atoms with Gasteiger partial charge in [-0.3, -0.25) is 9.80 Å². The highest BCUT2D eigenvalue weighted by Crippen LogP contribution is 2.40. The molecule has 0 radical (unpaired) electrons. The van der Waals surface area contributed by atoms with Crippen LogP contribution in [0.5, 0.6) is 0 Å². The molecule has 0 aromatic heterocycles. The van der Waals surface area contributed by atoms with Crippen LogP contribution >= 0.6 is 11.6 Å². The number of hydrogen-bond acceptors (Lipinski definition) is 5. The van der Waals surface area contributed by atoms with Gasteiger partial charge in [-0.25, -0.2) is 9.18 Å². The number of carbonyl (C=O) groups is 1. The van der Waals surface area contributed by atoms with Crippen molar-refractivity contribution in [2.45, 2.75) is 38.1 Å². The average Bonchev–Trinajstić information content (AvgIpc) is 3.22. The number of carbonyl (C=O) groups excluding carboxylic acids is 3. The van der Waals surface area contributed by atoms with E-state index in [0.717, 1.165) is 11.8 Å². The Morgan fingerprint density at radius 1 is 1.00 bits per heavy atom. The normalized spacial score (nSPS) is 16.8. The molecule has 2 saturated heterocycles. The van der Waals surface area contributed by atoms with Gasteiger partial charge in [0, 0.05) is 43.7 Å². The highest BCUT2D eigenvalue weighted by Gasteiger charge is 2.47. The minimum absolute atomic E-state index is 0.0723. The van der Waals surface area contributed by atoms with Gasteiger partial charge < -0.3 is 4.74 Å². The molecule has 0 unspecified atom stereocenters. The molecule has 2 aliphatic rings. The quantitative estimate of drug-likeness (QED) is 0.317. The highest BCUT2D eigenvalue weighted by atomic mass is 35.5. The first-order valence-electron chi connectivity index (χ1n) is 12.4. The van der Waals surface area contributed by atoms with E-state index < -0.39 is 23.2 Å². The summed E-state index contributed by atoms with van der Waals surface area (Å²) in [5.41, 5.74) is 0.981. The zero-order valence-electron chi connectivity index (χ0n) is 21.4. The first-order valence-corrected chi connectivity index (χ1v) is 12.8. The van der Waals surface area contributed by atoms with Gasteiger partial charge in [-0.05, 0) is 60.0 Å². The number of aryl methyl sites for hydroxylation is 1. The van der Waals surface area contributed by atoms with Crippen molar-refractivity contribution in [3.63, 3.8) is 0 Å². The molecule has 2 fully saturated rings. The fourth-order valence-electron chi connectivity index (χ4n) is 5.20. The van der Waals surface area contributed by atoms with Crippen molar-refractivity contribution >= 4 is 29.5 Å². The summed E-state index contributed by atoms with van der Waals surface area (Å²) in [6.07, 6.45) is -3.52. The van der Waals surface area contributed by atoms with Crippen molar-refractivity contribution in [3.8, 4) is 11.1 Å². The molecule has 11 heteroatoms. The Morgan fingerprint density at radius 3 is 2.25 bits per heavy atom. The van der Waals surface area contributed by atoms with Crippen LogP contribution in [-0.2, 0) is 27.0 Å². The Kier molecular flexibility index (Phi) is 8.63. The van der Waals surface area contributed by atoms with Crippen LogP contribution in [0.1, 0.15) is 29.5 Å². The molecule has 1 spiro atoms. The number of rotatable bonds is 4. The van der Waals surface area contributed by atoms with Crippen molar-refractivity contribution in [1.82, 2.24) is 4.90 Å². The van der Waals surface area contributed by atoms with Gasteiger partial charge in [0.05, 0.1) is 17.1 Å². The van der Waals surface area contributed by atoms with Gasteiger partial charge >= 0.3 is 18.4 Å². The lowest BCUT2D eigenvalue weighted by atomic mass is 9.89. The molecule has 0 bridgehead atoms. The summed E-state index contributed by atoms with van der Waals surface area (Å²) in [5.74, 6) is -0.518. The fraction of sp³-hybridized carbons (Fsp3) is 0.310. The van der Waals surface area contributed by atoms with Gasteiger partial charge in [0.2, 0.25) is 0 Å². The first-order chi connectivity index (χ1) is 19.0. The summed E-state index contributed by atoms with van der Waals surface area (Å²) >= 11 is 6.29. The SMILES string of the molecule is Cc1cc(-c2ccc(F)cc2Cl)c(CN2CCC3(CC2)CN(c2ccccc2)C(=O)O3)cc1C(F)(F)F.O=C=O. The van der Waals surface area contributed by atoms with Gasteiger partial charge in [-0.1, -0.05) is 35.9 Å². The largest absolute Gasteiger partial charge is 0.441 e. The predicted molar refractivity (Wildman–Crippen MR) is 139 cm³/mol. The second-order valence-electron chi connectivity index (χ2n) is 9.78. The average molecular weight is 577 g/mol. The molecule has 0 saturated carbocycles. The highest BCUT2D eigenvalue weighted by molar-refractivity contribution is 6.33. The summed E-state index contributed by atoms with van der Waals surface area (Å²) in [4.78, 5) is 32.5. The van der Waals surface area contributed by atoms with E-state index in [9.17, 15) is 22.4 Å². The van der Waals surface area contributed by atoms with Crippen molar-refractivity contribution < 1.29 is 36.7 Å². The van der Waals surface area contributed by atoms with E-state index in [0.29, 0.717) is 49.2 Å². The zero-order valence-corrected chi connectivity index (χ0v) is 22.2. The molecule has 1 amide bonds. The lowest BCUT2D eigenvalue weighted by Crippen LogP contribution is -2.46. The Bertz CT molecular complexity index is 1420. The third-order valence-corrected chi connectivity index (χ3v) is 7.49. The molecule has 2 aliphatic heterocycles. The molecule has 40 heavy (non-hydrogen) atoms. The van der Waals surface area contributed by atoms with E-state index in [4.69, 9.17) is 25.9 Å². The molecule has 6 nitrogen and oxygen atoms in total. The number of hydrogen-bond donors (Lipinski definition) is 0. The molecular weight excluding hydrogens is 552 g/mol. The number of alkyl halides is 3. The van der Waals surface area contributed by atoms with Gasteiger partial charge in [-0.2, -0.15) is 22.8 Å². The Morgan fingerprint density at radius 2 is 1.65 bits per heavy atom. The van der Waals surface area contributed by atoms with Crippen LogP contribution in [-0.4, -0.2) is 42.4 Å². The van der Waals surface area contributed by atoms with Crippen LogP contribution in [0.3, 0.4) is 0 Å². The number of ether oxygens (including phenoxy) is 1. The van der Waals surface area contributed by atoms with Crippen LogP contribution in [0, 0.1) is 12.7 Å². The number of piperidine rings is 1. The molecular formula is C29H25ClF4N2O4. The van der Waals surface area contributed by atoms with E-state index in [-0.39, 0.29) is 29.4 Å². The van der Waals surface area contributed by atoms with E-state index >= 15 is 0 Å². The van der Waals surface area contributed by atoms with Crippen molar-refractivity contribution in [2.24, 2.45) is 0 Å². The number of para-hydroxylation sites is 1. The number of nitrogens with zero attached hydrogens (tertiary/aromatic N) is 2. The number of amides is 1. The van der Waals surface area contributed by atoms with Crippen LogP contribution in [0.15, 0.2) is 60.7 Å². The Balaban J connectivity index is 0.00000118. The topological polar surface area (TPSA) is 66.9 Å². The minimum atomic E-state index is -4.51. The molecule has 210 valence electrons. The van der Waals surface area contributed by atoms with Crippen LogP contribution in [0.2, 0.25) is 5.02 Å². The lowest BCUT2D eigenvalue weighted by Gasteiger charge is -2.37. The van der Waals surface area contributed by atoms with Crippen LogP contribution in [0.25, 0.3) is 11.1 Å².